The molecule has 0 bridgehead atoms. The molecule has 0 spiro atoms. The zero-order valence-electron chi connectivity index (χ0n) is 11.0. The van der Waals surface area contributed by atoms with E-state index in [1.807, 2.05) is 16.4 Å². The van der Waals surface area contributed by atoms with E-state index in [2.05, 4.69) is 21.2 Å². The molecule has 1 unspecified atom stereocenters. The Balaban J connectivity index is 1.73. The minimum absolute atomic E-state index is 0.303. The number of aromatic nitrogens is 5. The number of rotatable bonds is 3. The maximum absolute atomic E-state index is 5.44. The largest absolute Gasteiger partial charge is 0.379 e. The van der Waals surface area contributed by atoms with E-state index in [4.69, 9.17) is 4.74 Å². The van der Waals surface area contributed by atoms with Crippen LogP contribution in [-0.4, -0.2) is 37.8 Å². The van der Waals surface area contributed by atoms with Gasteiger partial charge in [-0.05, 0) is 25.3 Å². The third-order valence-corrected chi connectivity index (χ3v) is 3.95. The van der Waals surface area contributed by atoms with Crippen molar-refractivity contribution in [3.63, 3.8) is 0 Å². The van der Waals surface area contributed by atoms with Crippen LogP contribution in [0.25, 0.3) is 11.5 Å². The molecule has 6 nitrogen and oxygen atoms in total. The van der Waals surface area contributed by atoms with Gasteiger partial charge in [-0.1, -0.05) is 0 Å². The molecule has 3 heterocycles. The average molecular weight is 259 g/mol. The number of aryl methyl sites for hydroxylation is 1. The van der Waals surface area contributed by atoms with Crippen LogP contribution < -0.4 is 0 Å². The summed E-state index contributed by atoms with van der Waals surface area (Å²) >= 11 is 0. The first-order valence-electron chi connectivity index (χ1n) is 6.84. The second-order valence-electron chi connectivity index (χ2n) is 5.40. The molecule has 1 saturated heterocycles. The molecular weight excluding hydrogens is 242 g/mol. The Kier molecular flexibility index (Phi) is 2.44. The quantitative estimate of drug-likeness (QED) is 0.838. The van der Waals surface area contributed by atoms with Crippen molar-refractivity contribution < 1.29 is 4.74 Å². The normalized spacial score (nSPS) is 23.1. The van der Waals surface area contributed by atoms with E-state index in [-0.39, 0.29) is 0 Å². The second kappa shape index (κ2) is 4.16. The van der Waals surface area contributed by atoms with Gasteiger partial charge in [0.1, 0.15) is 12.0 Å². The Morgan fingerprint density at radius 3 is 2.95 bits per heavy atom. The Bertz CT molecular complexity index is 592. The SMILES string of the molecule is Cn1nc(C2CC2)cc1-c1ncnn1C1CCOC1. The van der Waals surface area contributed by atoms with E-state index >= 15 is 0 Å². The van der Waals surface area contributed by atoms with Crippen LogP contribution in [0.4, 0.5) is 0 Å². The lowest BCUT2D eigenvalue weighted by Crippen LogP contribution is -2.13. The fourth-order valence-electron chi connectivity index (χ4n) is 2.69. The van der Waals surface area contributed by atoms with Gasteiger partial charge in [-0.3, -0.25) is 4.68 Å². The van der Waals surface area contributed by atoms with Gasteiger partial charge in [0.2, 0.25) is 0 Å². The van der Waals surface area contributed by atoms with E-state index in [1.165, 1.54) is 18.5 Å². The lowest BCUT2D eigenvalue weighted by atomic mass is 10.2. The molecule has 4 rings (SSSR count). The summed E-state index contributed by atoms with van der Waals surface area (Å²) < 4.78 is 9.35. The second-order valence-corrected chi connectivity index (χ2v) is 5.40. The lowest BCUT2D eigenvalue weighted by Gasteiger charge is -2.11. The highest BCUT2D eigenvalue weighted by Gasteiger charge is 2.29. The van der Waals surface area contributed by atoms with Crippen LogP contribution in [0.15, 0.2) is 12.4 Å². The summed E-state index contributed by atoms with van der Waals surface area (Å²) in [7, 11) is 1.98. The van der Waals surface area contributed by atoms with E-state index in [0.717, 1.165) is 31.2 Å². The van der Waals surface area contributed by atoms with Crippen LogP contribution in [-0.2, 0) is 11.8 Å². The van der Waals surface area contributed by atoms with Crippen molar-refractivity contribution in [2.75, 3.05) is 13.2 Å². The molecule has 0 aromatic carbocycles. The molecule has 1 atom stereocenters. The first-order valence-corrected chi connectivity index (χ1v) is 6.84. The molecule has 6 heteroatoms. The van der Waals surface area contributed by atoms with E-state index < -0.39 is 0 Å². The van der Waals surface area contributed by atoms with Crippen LogP contribution in [0.3, 0.4) is 0 Å². The highest BCUT2D eigenvalue weighted by Crippen LogP contribution is 2.40. The minimum atomic E-state index is 0.303. The summed E-state index contributed by atoms with van der Waals surface area (Å²) in [6.45, 7) is 1.53. The van der Waals surface area contributed by atoms with Crippen molar-refractivity contribution >= 4 is 0 Å². The molecule has 0 N–H and O–H groups in total. The molecule has 2 fully saturated rings. The van der Waals surface area contributed by atoms with Crippen molar-refractivity contribution in [2.45, 2.75) is 31.2 Å². The van der Waals surface area contributed by atoms with Gasteiger partial charge in [-0.25, -0.2) is 9.67 Å². The van der Waals surface area contributed by atoms with Crippen LogP contribution in [0.5, 0.6) is 0 Å². The van der Waals surface area contributed by atoms with Crippen LogP contribution in [0.2, 0.25) is 0 Å². The monoisotopic (exact) mass is 259 g/mol. The van der Waals surface area contributed by atoms with Crippen molar-refractivity contribution in [2.24, 2.45) is 7.05 Å². The molecule has 2 aliphatic rings. The van der Waals surface area contributed by atoms with Crippen molar-refractivity contribution in [1.29, 1.82) is 0 Å². The number of hydrogen-bond donors (Lipinski definition) is 0. The molecule has 2 aromatic heterocycles. The molecule has 1 aliphatic carbocycles. The molecule has 19 heavy (non-hydrogen) atoms. The first-order chi connectivity index (χ1) is 9.33. The minimum Gasteiger partial charge on any atom is -0.379 e. The summed E-state index contributed by atoms with van der Waals surface area (Å²) in [5.74, 6) is 1.56. The van der Waals surface area contributed by atoms with Gasteiger partial charge in [-0.2, -0.15) is 10.2 Å². The summed E-state index contributed by atoms with van der Waals surface area (Å²) in [6, 6.07) is 2.46. The summed E-state index contributed by atoms with van der Waals surface area (Å²) in [5.41, 5.74) is 2.24. The summed E-state index contributed by atoms with van der Waals surface area (Å²) in [6.07, 6.45) is 5.15. The Morgan fingerprint density at radius 1 is 1.32 bits per heavy atom. The maximum atomic E-state index is 5.44. The zero-order chi connectivity index (χ0) is 12.8. The number of nitrogens with zero attached hydrogens (tertiary/aromatic N) is 5. The van der Waals surface area contributed by atoms with Gasteiger partial charge < -0.3 is 4.74 Å². The molecule has 100 valence electrons. The maximum Gasteiger partial charge on any atom is 0.176 e. The number of hydrogen-bond acceptors (Lipinski definition) is 4. The van der Waals surface area contributed by atoms with Gasteiger partial charge >= 0.3 is 0 Å². The molecule has 0 radical (unpaired) electrons. The molecular formula is C13H17N5O. The predicted molar refractivity (Wildman–Crippen MR) is 68.7 cm³/mol. The topological polar surface area (TPSA) is 57.8 Å². The summed E-state index contributed by atoms with van der Waals surface area (Å²) in [5, 5.41) is 8.97. The van der Waals surface area contributed by atoms with Crippen molar-refractivity contribution in [3.8, 4) is 11.5 Å². The van der Waals surface area contributed by atoms with E-state index in [0.29, 0.717) is 12.0 Å². The Hall–Kier alpha value is -1.69. The van der Waals surface area contributed by atoms with Gasteiger partial charge in [0, 0.05) is 19.6 Å². The predicted octanol–water partition coefficient (Wildman–Crippen LogP) is 1.52. The fourth-order valence-corrected chi connectivity index (χ4v) is 2.69. The Labute approximate surface area is 111 Å². The average Bonchev–Trinajstić information content (AvgIpc) is 2.83. The zero-order valence-corrected chi connectivity index (χ0v) is 11.0. The third-order valence-electron chi connectivity index (χ3n) is 3.95. The first kappa shape index (κ1) is 11.2. The van der Waals surface area contributed by atoms with Crippen LogP contribution in [0.1, 0.15) is 36.9 Å². The highest BCUT2D eigenvalue weighted by atomic mass is 16.5. The Morgan fingerprint density at radius 2 is 2.21 bits per heavy atom. The lowest BCUT2D eigenvalue weighted by molar-refractivity contribution is 0.184. The summed E-state index contributed by atoms with van der Waals surface area (Å²) in [4.78, 5) is 4.42. The molecule has 2 aromatic rings. The number of ether oxygens (including phenoxy) is 1. The van der Waals surface area contributed by atoms with Crippen LogP contribution >= 0.6 is 0 Å². The van der Waals surface area contributed by atoms with E-state index in [9.17, 15) is 0 Å². The van der Waals surface area contributed by atoms with Gasteiger partial charge in [-0.15, -0.1) is 0 Å². The molecule has 1 aliphatic heterocycles. The van der Waals surface area contributed by atoms with E-state index in [1.54, 1.807) is 6.33 Å². The smallest absolute Gasteiger partial charge is 0.176 e. The van der Waals surface area contributed by atoms with Gasteiger partial charge in [0.15, 0.2) is 5.82 Å². The third kappa shape index (κ3) is 1.87. The highest BCUT2D eigenvalue weighted by molar-refractivity contribution is 5.51. The molecule has 1 saturated carbocycles. The van der Waals surface area contributed by atoms with Crippen molar-refractivity contribution in [1.82, 2.24) is 24.5 Å². The molecule has 0 amide bonds. The standard InChI is InChI=1S/C13H17N5O/c1-17-12(6-11(16-17)9-2-3-9)13-14-8-15-18(13)10-4-5-19-7-10/h6,8-10H,2-5,7H2,1H3. The van der Waals surface area contributed by atoms with Crippen LogP contribution in [0, 0.1) is 0 Å². The fraction of sp³-hybridized carbons (Fsp3) is 0.615. The van der Waals surface area contributed by atoms with Gasteiger partial charge in [0.25, 0.3) is 0 Å². The van der Waals surface area contributed by atoms with Gasteiger partial charge in [0.05, 0.1) is 18.3 Å². The van der Waals surface area contributed by atoms with Crippen molar-refractivity contribution in [3.05, 3.63) is 18.1 Å².